The molecule has 7 nitrogen and oxygen atoms in total. The summed E-state index contributed by atoms with van der Waals surface area (Å²) in [5.74, 6) is -2.07. The number of anilines is 1. The molecule has 1 unspecified atom stereocenters. The minimum atomic E-state index is -3.28. The second-order valence-corrected chi connectivity index (χ2v) is 7.06. The molecule has 1 aromatic rings. The van der Waals surface area contributed by atoms with Crippen molar-refractivity contribution in [3.63, 3.8) is 0 Å². The molecule has 116 valence electrons. The van der Waals surface area contributed by atoms with Crippen molar-refractivity contribution in [3.8, 4) is 0 Å². The van der Waals surface area contributed by atoms with Crippen LogP contribution in [0.5, 0.6) is 0 Å². The molecule has 8 heteroatoms. The van der Waals surface area contributed by atoms with Gasteiger partial charge < -0.3 is 16.2 Å². The smallest absolute Gasteiger partial charge is 0.326 e. The third-order valence-electron chi connectivity index (χ3n) is 2.73. The first-order valence-corrected chi connectivity index (χ1v) is 8.28. The summed E-state index contributed by atoms with van der Waals surface area (Å²) in [6, 6.07) is 5.45. The monoisotopic (exact) mass is 314 g/mol. The predicted molar refractivity (Wildman–Crippen MR) is 78.5 cm³/mol. The lowest BCUT2D eigenvalue weighted by molar-refractivity contribution is -0.141. The summed E-state index contributed by atoms with van der Waals surface area (Å²) in [6.45, 7) is 0. The number of hydrogen-bond donors (Lipinski definition) is 3. The van der Waals surface area contributed by atoms with Crippen LogP contribution in [0.1, 0.15) is 12.0 Å². The molecule has 0 fully saturated rings. The van der Waals surface area contributed by atoms with Gasteiger partial charge in [0.1, 0.15) is 15.9 Å². The minimum absolute atomic E-state index is 0.0201. The number of aliphatic carboxylic acids is 1. The number of nitrogens with one attached hydrogen (secondary N) is 1. The van der Waals surface area contributed by atoms with Crippen molar-refractivity contribution >= 4 is 27.4 Å². The van der Waals surface area contributed by atoms with Crippen LogP contribution in [-0.2, 0) is 25.8 Å². The van der Waals surface area contributed by atoms with Crippen LogP contribution < -0.4 is 11.1 Å². The van der Waals surface area contributed by atoms with Gasteiger partial charge in [-0.05, 0) is 24.1 Å². The Morgan fingerprint density at radius 2 is 2.05 bits per heavy atom. The molecular formula is C13H18N2O5S. The van der Waals surface area contributed by atoms with Crippen LogP contribution >= 0.6 is 0 Å². The first-order valence-electron chi connectivity index (χ1n) is 6.21. The number of nitrogens with two attached hydrogens (primary N) is 1. The Kier molecular flexibility index (Phi) is 5.71. The molecule has 0 aliphatic rings. The van der Waals surface area contributed by atoms with Crippen molar-refractivity contribution in [2.24, 2.45) is 0 Å². The maximum Gasteiger partial charge on any atom is 0.326 e. The Labute approximate surface area is 123 Å². The van der Waals surface area contributed by atoms with E-state index in [-0.39, 0.29) is 18.6 Å². The van der Waals surface area contributed by atoms with Gasteiger partial charge in [-0.15, -0.1) is 0 Å². The maximum atomic E-state index is 11.8. The molecule has 0 aliphatic heterocycles. The van der Waals surface area contributed by atoms with Crippen molar-refractivity contribution in [1.29, 1.82) is 0 Å². The predicted octanol–water partition coefficient (Wildman–Crippen LogP) is -0.185. The molecule has 0 spiro atoms. The first-order chi connectivity index (χ1) is 9.67. The van der Waals surface area contributed by atoms with E-state index in [4.69, 9.17) is 10.8 Å². The minimum Gasteiger partial charge on any atom is -0.480 e. The highest BCUT2D eigenvalue weighted by Gasteiger charge is 2.21. The number of benzene rings is 1. The molecule has 21 heavy (non-hydrogen) atoms. The molecule has 0 radical (unpaired) electrons. The number of carbonyl (C=O) groups is 2. The molecule has 4 N–H and O–H groups in total. The Bertz CT molecular complexity index is 627. The highest BCUT2D eigenvalue weighted by molar-refractivity contribution is 7.90. The number of carboxylic acids is 1. The molecule has 1 amide bonds. The molecule has 0 aromatic heterocycles. The van der Waals surface area contributed by atoms with Gasteiger partial charge in [-0.3, -0.25) is 4.79 Å². The van der Waals surface area contributed by atoms with Gasteiger partial charge >= 0.3 is 5.97 Å². The summed E-state index contributed by atoms with van der Waals surface area (Å²) in [4.78, 5) is 22.8. The number of carboxylic acid groups (broad SMARTS) is 1. The highest BCUT2D eigenvalue weighted by Crippen LogP contribution is 2.07. The highest BCUT2D eigenvalue weighted by atomic mass is 32.2. The molecule has 0 aliphatic carbocycles. The van der Waals surface area contributed by atoms with Crippen molar-refractivity contribution in [2.45, 2.75) is 18.9 Å². The molecule has 0 heterocycles. The molecular weight excluding hydrogens is 296 g/mol. The topological polar surface area (TPSA) is 127 Å². The van der Waals surface area contributed by atoms with Gasteiger partial charge in [-0.2, -0.15) is 0 Å². The lowest BCUT2D eigenvalue weighted by Gasteiger charge is -2.14. The number of hydrogen-bond acceptors (Lipinski definition) is 5. The Hall–Kier alpha value is -2.09. The van der Waals surface area contributed by atoms with Gasteiger partial charge in [-0.25, -0.2) is 13.2 Å². The average molecular weight is 314 g/mol. The van der Waals surface area contributed by atoms with Crippen molar-refractivity contribution in [2.75, 3.05) is 17.7 Å². The van der Waals surface area contributed by atoms with Gasteiger partial charge in [0.2, 0.25) is 5.91 Å². The fourth-order valence-electron chi connectivity index (χ4n) is 1.72. The van der Waals surface area contributed by atoms with Gasteiger partial charge in [0.15, 0.2) is 0 Å². The maximum absolute atomic E-state index is 11.8. The third kappa shape index (κ3) is 6.75. The fourth-order valence-corrected chi connectivity index (χ4v) is 2.39. The normalized spacial score (nSPS) is 12.6. The lowest BCUT2D eigenvalue weighted by Crippen LogP contribution is -2.42. The van der Waals surface area contributed by atoms with Crippen LogP contribution in [0.4, 0.5) is 5.69 Å². The van der Waals surface area contributed by atoms with Crippen LogP contribution in [0.3, 0.4) is 0 Å². The van der Waals surface area contributed by atoms with Crippen LogP contribution in [-0.4, -0.2) is 43.5 Å². The summed E-state index contributed by atoms with van der Waals surface area (Å²) in [5, 5.41) is 11.3. The number of amides is 1. The molecule has 1 aromatic carbocycles. The van der Waals surface area contributed by atoms with Crippen LogP contribution in [0, 0.1) is 0 Å². The number of carbonyl (C=O) groups excluding carboxylic acids is 1. The van der Waals surface area contributed by atoms with E-state index < -0.39 is 27.8 Å². The molecule has 0 saturated heterocycles. The van der Waals surface area contributed by atoms with Crippen molar-refractivity contribution in [3.05, 3.63) is 29.8 Å². The number of nitrogen functional groups attached to an aromatic ring is 1. The lowest BCUT2D eigenvalue weighted by atomic mass is 10.1. The van der Waals surface area contributed by atoms with Crippen LogP contribution in [0.15, 0.2) is 24.3 Å². The Morgan fingerprint density at radius 3 is 2.57 bits per heavy atom. The van der Waals surface area contributed by atoms with E-state index in [0.717, 1.165) is 6.26 Å². The fraction of sp³-hybridized carbons (Fsp3) is 0.385. The van der Waals surface area contributed by atoms with Crippen LogP contribution in [0.25, 0.3) is 0 Å². The summed E-state index contributed by atoms with van der Waals surface area (Å²) < 4.78 is 22.1. The van der Waals surface area contributed by atoms with Crippen LogP contribution in [0.2, 0.25) is 0 Å². The van der Waals surface area contributed by atoms with Crippen molar-refractivity contribution in [1.82, 2.24) is 5.32 Å². The van der Waals surface area contributed by atoms with Gasteiger partial charge in [0, 0.05) is 11.9 Å². The second-order valence-electron chi connectivity index (χ2n) is 4.80. The molecule has 1 atom stereocenters. The van der Waals surface area contributed by atoms with E-state index in [1.54, 1.807) is 24.3 Å². The molecule has 0 bridgehead atoms. The zero-order valence-corrected chi connectivity index (χ0v) is 12.4. The number of rotatable bonds is 7. The SMILES string of the molecule is CS(=O)(=O)CCC(NC(=O)Cc1cccc(N)c1)C(=O)O. The standard InChI is InChI=1S/C13H18N2O5S/c1-21(19,20)6-5-11(13(17)18)15-12(16)8-9-3-2-4-10(14)7-9/h2-4,7,11H,5-6,8,14H2,1H3,(H,15,16)(H,17,18). The average Bonchev–Trinajstić information content (AvgIpc) is 2.32. The Morgan fingerprint density at radius 1 is 1.38 bits per heavy atom. The summed E-state index contributed by atoms with van der Waals surface area (Å²) >= 11 is 0. The van der Waals surface area contributed by atoms with Gasteiger partial charge in [0.25, 0.3) is 0 Å². The van der Waals surface area contributed by atoms with Gasteiger partial charge in [0.05, 0.1) is 12.2 Å². The van der Waals surface area contributed by atoms with E-state index in [2.05, 4.69) is 5.32 Å². The number of sulfone groups is 1. The van der Waals surface area contributed by atoms with Gasteiger partial charge in [-0.1, -0.05) is 12.1 Å². The summed E-state index contributed by atoms with van der Waals surface area (Å²) in [7, 11) is -3.28. The second kappa shape index (κ2) is 7.07. The molecule has 1 rings (SSSR count). The largest absolute Gasteiger partial charge is 0.480 e. The van der Waals surface area contributed by atoms with E-state index in [0.29, 0.717) is 11.3 Å². The van der Waals surface area contributed by atoms with E-state index >= 15 is 0 Å². The van der Waals surface area contributed by atoms with E-state index in [9.17, 15) is 18.0 Å². The molecule has 0 saturated carbocycles. The zero-order valence-electron chi connectivity index (χ0n) is 11.6. The quantitative estimate of drug-likeness (QED) is 0.599. The zero-order chi connectivity index (χ0) is 16.0. The summed E-state index contributed by atoms with van der Waals surface area (Å²) in [6.07, 6.45) is 0.824. The Balaban J connectivity index is 2.62. The first kappa shape index (κ1) is 17.0. The van der Waals surface area contributed by atoms with Crippen molar-refractivity contribution < 1.29 is 23.1 Å². The summed E-state index contributed by atoms with van der Waals surface area (Å²) in [5.41, 5.74) is 6.75. The van der Waals surface area contributed by atoms with E-state index in [1.807, 2.05) is 0 Å². The third-order valence-corrected chi connectivity index (χ3v) is 3.70. The van der Waals surface area contributed by atoms with E-state index in [1.165, 1.54) is 0 Å².